The fourth-order valence-electron chi connectivity index (χ4n) is 1.92. The number of nitrogens with one attached hydrogen (secondary N) is 1. The highest BCUT2D eigenvalue weighted by atomic mass is 35.5. The number of halogens is 2. The molecule has 1 aromatic carbocycles. The maximum atomic E-state index is 11.6. The summed E-state index contributed by atoms with van der Waals surface area (Å²) in [6, 6.07) is 4.65. The van der Waals surface area contributed by atoms with Crippen molar-refractivity contribution in [1.29, 1.82) is 0 Å². The van der Waals surface area contributed by atoms with Gasteiger partial charge in [0.1, 0.15) is 5.75 Å². The predicted molar refractivity (Wildman–Crippen MR) is 74.2 cm³/mol. The minimum absolute atomic E-state index is 0.0824. The minimum atomic E-state index is -0.817. The van der Waals surface area contributed by atoms with Gasteiger partial charge >= 0.3 is 5.97 Å². The molecule has 5 nitrogen and oxygen atoms in total. The molecule has 2 rings (SSSR count). The maximum Gasteiger partial charge on any atom is 0.306 e. The van der Waals surface area contributed by atoms with Crippen molar-refractivity contribution in [1.82, 2.24) is 5.32 Å². The lowest BCUT2D eigenvalue weighted by Crippen LogP contribution is -2.48. The molecule has 0 atom stereocenters. The van der Waals surface area contributed by atoms with Gasteiger partial charge in [0.15, 0.2) is 6.61 Å². The van der Waals surface area contributed by atoms with Crippen LogP contribution in [0.2, 0.25) is 10.0 Å². The molecule has 2 N–H and O–H groups in total. The summed E-state index contributed by atoms with van der Waals surface area (Å²) in [6.45, 7) is -0.147. The van der Waals surface area contributed by atoms with Gasteiger partial charge in [-0.1, -0.05) is 23.2 Å². The summed E-state index contributed by atoms with van der Waals surface area (Å²) in [5.74, 6) is -1.00. The molecular formula is C13H13Cl2NO4. The first-order chi connectivity index (χ1) is 9.45. The van der Waals surface area contributed by atoms with Crippen LogP contribution < -0.4 is 10.1 Å². The molecule has 1 aliphatic carbocycles. The molecule has 1 fully saturated rings. The number of rotatable bonds is 5. The van der Waals surface area contributed by atoms with E-state index in [0.717, 1.165) is 0 Å². The molecule has 20 heavy (non-hydrogen) atoms. The van der Waals surface area contributed by atoms with Crippen molar-refractivity contribution in [2.75, 3.05) is 6.61 Å². The SMILES string of the molecule is O=C(COc1ccc(Cl)c(Cl)c1)NC1CC(C(=O)O)C1. The topological polar surface area (TPSA) is 75.6 Å². The van der Waals surface area contributed by atoms with Crippen LogP contribution in [0, 0.1) is 5.92 Å². The number of amides is 1. The van der Waals surface area contributed by atoms with E-state index in [1.807, 2.05) is 0 Å². The maximum absolute atomic E-state index is 11.6. The lowest BCUT2D eigenvalue weighted by atomic mass is 9.80. The van der Waals surface area contributed by atoms with Gasteiger partial charge in [-0.25, -0.2) is 0 Å². The Bertz CT molecular complexity index is 529. The Kier molecular flexibility index (Phi) is 4.73. The van der Waals surface area contributed by atoms with Gasteiger partial charge in [0, 0.05) is 12.1 Å². The molecule has 0 aliphatic heterocycles. The van der Waals surface area contributed by atoms with Crippen molar-refractivity contribution in [3.05, 3.63) is 28.2 Å². The molecule has 0 bridgehead atoms. The zero-order chi connectivity index (χ0) is 14.7. The van der Waals surface area contributed by atoms with Gasteiger partial charge in [-0.05, 0) is 25.0 Å². The summed E-state index contributed by atoms with van der Waals surface area (Å²) >= 11 is 11.6. The van der Waals surface area contributed by atoms with Crippen molar-refractivity contribution in [2.24, 2.45) is 5.92 Å². The van der Waals surface area contributed by atoms with E-state index in [9.17, 15) is 9.59 Å². The summed E-state index contributed by atoms with van der Waals surface area (Å²) in [7, 11) is 0. The van der Waals surface area contributed by atoms with Crippen LogP contribution in [0.25, 0.3) is 0 Å². The van der Waals surface area contributed by atoms with E-state index in [2.05, 4.69) is 5.32 Å². The van der Waals surface area contributed by atoms with E-state index >= 15 is 0 Å². The van der Waals surface area contributed by atoms with Crippen LogP contribution in [0.4, 0.5) is 0 Å². The normalized spacial score (nSPS) is 20.9. The van der Waals surface area contributed by atoms with E-state index in [1.54, 1.807) is 12.1 Å². The van der Waals surface area contributed by atoms with Gasteiger partial charge in [0.05, 0.1) is 16.0 Å². The van der Waals surface area contributed by atoms with Gasteiger partial charge in [-0.15, -0.1) is 0 Å². The molecule has 0 aromatic heterocycles. The van der Waals surface area contributed by atoms with E-state index < -0.39 is 5.97 Å². The fraction of sp³-hybridized carbons (Fsp3) is 0.385. The molecule has 0 radical (unpaired) electrons. The standard InChI is InChI=1S/C13H13Cl2NO4/c14-10-2-1-9(5-11(10)15)20-6-12(17)16-8-3-7(4-8)13(18)19/h1-2,5,7-8H,3-4,6H2,(H,16,17)(H,18,19). The molecule has 0 heterocycles. The molecular weight excluding hydrogens is 305 g/mol. The Morgan fingerprint density at radius 2 is 2.00 bits per heavy atom. The number of carboxylic acid groups (broad SMARTS) is 1. The summed E-state index contributed by atoms with van der Waals surface area (Å²) in [5.41, 5.74) is 0. The first-order valence-electron chi connectivity index (χ1n) is 6.05. The Balaban J connectivity index is 1.73. The zero-order valence-electron chi connectivity index (χ0n) is 10.4. The van der Waals surface area contributed by atoms with E-state index in [1.165, 1.54) is 6.07 Å². The van der Waals surface area contributed by atoms with Crippen molar-refractivity contribution in [3.63, 3.8) is 0 Å². The molecule has 0 saturated heterocycles. The highest BCUT2D eigenvalue weighted by molar-refractivity contribution is 6.42. The highest BCUT2D eigenvalue weighted by Crippen LogP contribution is 2.28. The first-order valence-corrected chi connectivity index (χ1v) is 6.81. The second-order valence-electron chi connectivity index (χ2n) is 4.64. The van der Waals surface area contributed by atoms with Crippen molar-refractivity contribution < 1.29 is 19.4 Å². The monoisotopic (exact) mass is 317 g/mol. The van der Waals surface area contributed by atoms with Crippen LogP contribution in [0.15, 0.2) is 18.2 Å². The van der Waals surface area contributed by atoms with Crippen LogP contribution in [-0.2, 0) is 9.59 Å². The van der Waals surface area contributed by atoms with Crippen LogP contribution in [-0.4, -0.2) is 29.6 Å². The number of carboxylic acids is 1. The average Bonchev–Trinajstić information content (AvgIpc) is 2.34. The predicted octanol–water partition coefficient (Wildman–Crippen LogP) is 2.35. The number of carbonyl (C=O) groups is 2. The molecule has 108 valence electrons. The number of ether oxygens (including phenoxy) is 1. The van der Waals surface area contributed by atoms with E-state index in [0.29, 0.717) is 28.6 Å². The van der Waals surface area contributed by atoms with Crippen molar-refractivity contribution >= 4 is 35.1 Å². The summed E-state index contributed by atoms with van der Waals surface area (Å²) in [6.07, 6.45) is 0.932. The largest absolute Gasteiger partial charge is 0.484 e. The zero-order valence-corrected chi connectivity index (χ0v) is 11.9. The molecule has 1 amide bonds. The lowest BCUT2D eigenvalue weighted by Gasteiger charge is -2.32. The Morgan fingerprint density at radius 3 is 2.60 bits per heavy atom. The number of hydrogen-bond acceptors (Lipinski definition) is 3. The minimum Gasteiger partial charge on any atom is -0.484 e. The number of carbonyl (C=O) groups excluding carboxylic acids is 1. The molecule has 1 aromatic rings. The summed E-state index contributed by atoms with van der Waals surface area (Å²) in [5, 5.41) is 12.2. The lowest BCUT2D eigenvalue weighted by molar-refractivity contribution is -0.146. The fourth-order valence-corrected chi connectivity index (χ4v) is 2.21. The van der Waals surface area contributed by atoms with Crippen molar-refractivity contribution in [3.8, 4) is 5.75 Å². The van der Waals surface area contributed by atoms with E-state index in [4.69, 9.17) is 33.0 Å². The van der Waals surface area contributed by atoms with Crippen LogP contribution >= 0.6 is 23.2 Å². The molecule has 1 aliphatic rings. The third-order valence-corrected chi connectivity index (χ3v) is 3.85. The van der Waals surface area contributed by atoms with Gasteiger partial charge < -0.3 is 15.2 Å². The quantitative estimate of drug-likeness (QED) is 0.874. The van der Waals surface area contributed by atoms with Gasteiger partial charge in [-0.2, -0.15) is 0 Å². The van der Waals surface area contributed by atoms with Crippen molar-refractivity contribution in [2.45, 2.75) is 18.9 Å². The summed E-state index contributed by atoms with van der Waals surface area (Å²) < 4.78 is 5.28. The van der Waals surface area contributed by atoms with E-state index in [-0.39, 0.29) is 24.5 Å². The number of benzene rings is 1. The average molecular weight is 318 g/mol. The molecule has 0 unspecified atom stereocenters. The first kappa shape index (κ1) is 14.9. The molecule has 7 heteroatoms. The summed E-state index contributed by atoms with van der Waals surface area (Å²) in [4.78, 5) is 22.2. The Hall–Kier alpha value is -1.46. The second-order valence-corrected chi connectivity index (χ2v) is 5.45. The molecule has 1 saturated carbocycles. The second kappa shape index (κ2) is 6.33. The van der Waals surface area contributed by atoms with Crippen LogP contribution in [0.1, 0.15) is 12.8 Å². The highest BCUT2D eigenvalue weighted by Gasteiger charge is 2.35. The third-order valence-electron chi connectivity index (χ3n) is 3.11. The number of aliphatic carboxylic acids is 1. The third kappa shape index (κ3) is 3.77. The Labute approximate surface area is 125 Å². The van der Waals surface area contributed by atoms with Gasteiger partial charge in [0.25, 0.3) is 5.91 Å². The van der Waals surface area contributed by atoms with Gasteiger partial charge in [0.2, 0.25) is 0 Å². The van der Waals surface area contributed by atoms with Crippen LogP contribution in [0.3, 0.4) is 0 Å². The number of hydrogen-bond donors (Lipinski definition) is 2. The van der Waals surface area contributed by atoms with Crippen LogP contribution in [0.5, 0.6) is 5.75 Å². The molecule has 0 spiro atoms. The van der Waals surface area contributed by atoms with Gasteiger partial charge in [-0.3, -0.25) is 9.59 Å². The Morgan fingerprint density at radius 1 is 1.30 bits per heavy atom. The smallest absolute Gasteiger partial charge is 0.306 e.